The predicted molar refractivity (Wildman–Crippen MR) is 87.5 cm³/mol. The molecule has 1 aromatic carbocycles. The first kappa shape index (κ1) is 20.5. The molecule has 2 atom stereocenters. The molecule has 0 bridgehead atoms. The first-order valence-corrected chi connectivity index (χ1v) is 7.80. The number of nitrogens with one attached hydrogen (secondary N) is 2. The van der Waals surface area contributed by atoms with Crippen LogP contribution >= 0.6 is 0 Å². The molecule has 1 aromatic rings. The number of hydrogen-bond acceptors (Lipinski definition) is 3. The van der Waals surface area contributed by atoms with Gasteiger partial charge in [0.15, 0.2) is 0 Å². The Morgan fingerprint density at radius 1 is 1.16 bits per heavy atom. The number of carbonyl (C=O) groups excluding carboxylic acids is 2. The average molecular weight is 356 g/mol. The summed E-state index contributed by atoms with van der Waals surface area (Å²) in [5.74, 6) is -3.24. The van der Waals surface area contributed by atoms with Crippen molar-refractivity contribution in [2.75, 3.05) is 0 Å². The number of amides is 2. The van der Waals surface area contributed by atoms with Gasteiger partial charge in [-0.15, -0.1) is 0 Å². The van der Waals surface area contributed by atoms with Gasteiger partial charge >= 0.3 is 5.97 Å². The van der Waals surface area contributed by atoms with Crippen molar-refractivity contribution in [1.29, 1.82) is 0 Å². The van der Waals surface area contributed by atoms with Crippen molar-refractivity contribution < 1.29 is 28.3 Å². The summed E-state index contributed by atoms with van der Waals surface area (Å²) in [7, 11) is 0. The van der Waals surface area contributed by atoms with E-state index in [0.717, 1.165) is 5.56 Å². The molecule has 25 heavy (non-hydrogen) atoms. The van der Waals surface area contributed by atoms with Crippen LogP contribution < -0.4 is 10.6 Å². The Labute approximate surface area is 144 Å². The summed E-state index contributed by atoms with van der Waals surface area (Å²) >= 11 is 0. The Morgan fingerprint density at radius 3 is 2.28 bits per heavy atom. The van der Waals surface area contributed by atoms with Gasteiger partial charge in [0, 0.05) is 12.0 Å². The minimum atomic E-state index is -2.87. The first-order valence-electron chi connectivity index (χ1n) is 7.80. The fourth-order valence-electron chi connectivity index (χ4n) is 2.21. The molecule has 8 heteroatoms. The molecule has 0 fully saturated rings. The van der Waals surface area contributed by atoms with Gasteiger partial charge in [0.05, 0.1) is 0 Å². The van der Waals surface area contributed by atoms with E-state index >= 15 is 0 Å². The van der Waals surface area contributed by atoms with E-state index in [4.69, 9.17) is 5.11 Å². The van der Waals surface area contributed by atoms with E-state index in [0.29, 0.717) is 5.56 Å². The van der Waals surface area contributed by atoms with E-state index in [9.17, 15) is 23.2 Å². The molecule has 2 amide bonds. The van der Waals surface area contributed by atoms with Gasteiger partial charge in [-0.2, -0.15) is 0 Å². The Hall–Kier alpha value is -2.51. The van der Waals surface area contributed by atoms with Gasteiger partial charge in [0.1, 0.15) is 12.1 Å². The zero-order valence-corrected chi connectivity index (χ0v) is 14.3. The fourth-order valence-corrected chi connectivity index (χ4v) is 2.21. The predicted octanol–water partition coefficient (Wildman–Crippen LogP) is 1.97. The van der Waals surface area contributed by atoms with Gasteiger partial charge in [-0.25, -0.2) is 13.6 Å². The molecule has 0 aliphatic carbocycles. The number of rotatable bonds is 8. The molecule has 0 aliphatic heterocycles. The van der Waals surface area contributed by atoms with Crippen molar-refractivity contribution in [2.45, 2.75) is 45.7 Å². The molecule has 0 saturated heterocycles. The molecule has 2 unspecified atom stereocenters. The van der Waals surface area contributed by atoms with Crippen LogP contribution in [-0.4, -0.2) is 41.4 Å². The van der Waals surface area contributed by atoms with Gasteiger partial charge in [-0.3, -0.25) is 9.59 Å². The topological polar surface area (TPSA) is 95.5 Å². The van der Waals surface area contributed by atoms with E-state index in [-0.39, 0.29) is 5.92 Å². The van der Waals surface area contributed by atoms with Crippen molar-refractivity contribution in [3.63, 3.8) is 0 Å². The fraction of sp³-hybridized carbons (Fsp3) is 0.471. The Morgan fingerprint density at radius 2 is 1.80 bits per heavy atom. The van der Waals surface area contributed by atoms with Crippen LogP contribution in [0.25, 0.3) is 0 Å². The number of carbonyl (C=O) groups is 3. The minimum absolute atomic E-state index is 0.348. The zero-order valence-electron chi connectivity index (χ0n) is 14.3. The summed E-state index contributed by atoms with van der Waals surface area (Å²) in [6, 6.07) is 3.95. The molecular weight excluding hydrogens is 334 g/mol. The standard InChI is InChI=1S/C17H22F2N2O4/c1-9(2)14(16(23)20-12(17(24)25)8-13(18)19)21-15(22)11-6-4-5-10(3)7-11/h4-7,9,12-14H,8H2,1-3H3,(H,20,23)(H,21,22)(H,24,25). The van der Waals surface area contributed by atoms with Crippen LogP contribution in [0.5, 0.6) is 0 Å². The highest BCUT2D eigenvalue weighted by atomic mass is 19.3. The largest absolute Gasteiger partial charge is 0.480 e. The first-order chi connectivity index (χ1) is 11.6. The van der Waals surface area contributed by atoms with Gasteiger partial charge in [-0.1, -0.05) is 31.5 Å². The van der Waals surface area contributed by atoms with E-state index < -0.39 is 42.7 Å². The monoisotopic (exact) mass is 356 g/mol. The lowest BCUT2D eigenvalue weighted by molar-refractivity contribution is -0.143. The summed E-state index contributed by atoms with van der Waals surface area (Å²) in [6.07, 6.45) is -3.88. The van der Waals surface area contributed by atoms with E-state index in [1.807, 2.05) is 13.0 Å². The maximum Gasteiger partial charge on any atom is 0.326 e. The van der Waals surface area contributed by atoms with Gasteiger partial charge in [-0.05, 0) is 25.0 Å². The van der Waals surface area contributed by atoms with Crippen molar-refractivity contribution >= 4 is 17.8 Å². The molecule has 0 radical (unpaired) electrons. The molecule has 0 spiro atoms. The van der Waals surface area contributed by atoms with Crippen molar-refractivity contribution in [1.82, 2.24) is 10.6 Å². The zero-order chi connectivity index (χ0) is 19.1. The minimum Gasteiger partial charge on any atom is -0.480 e. The van der Waals surface area contributed by atoms with Gasteiger partial charge in [0.25, 0.3) is 5.91 Å². The van der Waals surface area contributed by atoms with Crippen molar-refractivity contribution in [2.24, 2.45) is 5.92 Å². The van der Waals surface area contributed by atoms with E-state index in [1.54, 1.807) is 32.0 Å². The number of hydrogen-bond donors (Lipinski definition) is 3. The number of carboxylic acids is 1. The summed E-state index contributed by atoms with van der Waals surface area (Å²) in [4.78, 5) is 35.6. The quantitative estimate of drug-likeness (QED) is 0.664. The van der Waals surface area contributed by atoms with Crippen LogP contribution in [0.15, 0.2) is 24.3 Å². The number of alkyl halides is 2. The molecule has 0 saturated carbocycles. The Kier molecular flexibility index (Phi) is 7.47. The van der Waals surface area contributed by atoms with Crippen LogP contribution in [0.4, 0.5) is 8.78 Å². The lowest BCUT2D eigenvalue weighted by Crippen LogP contribution is -2.54. The second-order valence-electron chi connectivity index (χ2n) is 6.09. The lowest BCUT2D eigenvalue weighted by atomic mass is 10.0. The number of aryl methyl sites for hydroxylation is 1. The summed E-state index contributed by atoms with van der Waals surface area (Å²) in [5.41, 5.74) is 1.21. The highest BCUT2D eigenvalue weighted by Crippen LogP contribution is 2.09. The third-order valence-electron chi connectivity index (χ3n) is 3.54. The van der Waals surface area contributed by atoms with Crippen molar-refractivity contribution in [3.8, 4) is 0 Å². The van der Waals surface area contributed by atoms with Crippen LogP contribution in [0.1, 0.15) is 36.2 Å². The highest BCUT2D eigenvalue weighted by Gasteiger charge is 2.30. The molecule has 1 rings (SSSR count). The van der Waals surface area contributed by atoms with Crippen LogP contribution in [-0.2, 0) is 9.59 Å². The van der Waals surface area contributed by atoms with Gasteiger partial charge < -0.3 is 15.7 Å². The molecule has 3 N–H and O–H groups in total. The molecule has 0 heterocycles. The molecular formula is C17H22F2N2O4. The number of halogens is 2. The van der Waals surface area contributed by atoms with Gasteiger partial charge in [0.2, 0.25) is 12.3 Å². The molecule has 0 aromatic heterocycles. The second-order valence-corrected chi connectivity index (χ2v) is 6.09. The SMILES string of the molecule is Cc1cccc(C(=O)NC(C(=O)NC(CC(F)F)C(=O)O)C(C)C)c1. The summed E-state index contributed by atoms with van der Waals surface area (Å²) < 4.78 is 24.9. The number of benzene rings is 1. The highest BCUT2D eigenvalue weighted by molar-refractivity contribution is 5.98. The average Bonchev–Trinajstić information content (AvgIpc) is 2.50. The smallest absolute Gasteiger partial charge is 0.326 e. The van der Waals surface area contributed by atoms with E-state index in [2.05, 4.69) is 10.6 Å². The number of aliphatic carboxylic acids is 1. The summed E-state index contributed by atoms with van der Waals surface area (Å²) in [6.45, 7) is 5.12. The number of carboxylic acid groups (broad SMARTS) is 1. The van der Waals surface area contributed by atoms with E-state index in [1.165, 1.54) is 0 Å². The normalized spacial score (nSPS) is 13.4. The summed E-state index contributed by atoms with van der Waals surface area (Å²) in [5, 5.41) is 13.5. The maximum absolute atomic E-state index is 12.4. The maximum atomic E-state index is 12.4. The van der Waals surface area contributed by atoms with Crippen LogP contribution in [0.2, 0.25) is 0 Å². The lowest BCUT2D eigenvalue weighted by Gasteiger charge is -2.24. The second kappa shape index (κ2) is 9.10. The third kappa shape index (κ3) is 6.48. The Balaban J connectivity index is 2.86. The van der Waals surface area contributed by atoms with Crippen molar-refractivity contribution in [3.05, 3.63) is 35.4 Å². The van der Waals surface area contributed by atoms with Crippen LogP contribution in [0.3, 0.4) is 0 Å². The molecule has 0 aliphatic rings. The van der Waals surface area contributed by atoms with Crippen LogP contribution in [0, 0.1) is 12.8 Å². The Bertz CT molecular complexity index is 635. The third-order valence-corrected chi connectivity index (χ3v) is 3.54. The molecule has 6 nitrogen and oxygen atoms in total. The molecule has 138 valence electrons.